The van der Waals surface area contributed by atoms with Crippen LogP contribution in [0.1, 0.15) is 19.3 Å². The van der Waals surface area contributed by atoms with E-state index < -0.39 is 92.2 Å². The van der Waals surface area contributed by atoms with Gasteiger partial charge in [-0.05, 0) is 69.6 Å². The third kappa shape index (κ3) is 27.6. The molecule has 0 aliphatic carbocycles. The van der Waals surface area contributed by atoms with Crippen molar-refractivity contribution in [1.82, 2.24) is 0 Å². The van der Waals surface area contributed by atoms with Crippen molar-refractivity contribution >= 4 is 42.3 Å². The van der Waals surface area contributed by atoms with Crippen LogP contribution in [-0.4, -0.2) is 80.0 Å². The smallest absolute Gasteiger partial charge is 0.389 e. The number of hydrogen-bond donors (Lipinski definition) is 4. The standard InChI is InChI=1S/C9H23F3O3Si3.C8H16F6O3Si2/c1-16(2,13)8-18(5,15-17(3,4)14)7-6-9(10,11)12;1-18(15,5-3-7(9,10)11)17-19(2,16)6-4-8(12,13)14/h13-14H,6-8H2,1-5H3;15-16H,3-6H2,1-2H3. The molecule has 0 aliphatic heterocycles. The Labute approximate surface area is 216 Å². The lowest BCUT2D eigenvalue weighted by Crippen LogP contribution is -2.51. The lowest BCUT2D eigenvalue weighted by molar-refractivity contribution is -0.132. The van der Waals surface area contributed by atoms with E-state index in [0.717, 1.165) is 13.1 Å². The van der Waals surface area contributed by atoms with Gasteiger partial charge in [-0.1, -0.05) is 0 Å². The maximum absolute atomic E-state index is 12.3. The van der Waals surface area contributed by atoms with Gasteiger partial charge in [0.15, 0.2) is 16.6 Å². The normalized spacial score (nSPS) is 18.8. The van der Waals surface area contributed by atoms with Crippen LogP contribution < -0.4 is 0 Å². The zero-order chi connectivity index (χ0) is 30.4. The molecule has 0 aromatic carbocycles. The second-order valence-electron chi connectivity index (χ2n) is 10.8. The topological polar surface area (TPSA) is 99.4 Å². The summed E-state index contributed by atoms with van der Waals surface area (Å²) in [4.78, 5) is 39.0. The van der Waals surface area contributed by atoms with Gasteiger partial charge in [0, 0.05) is 19.3 Å². The van der Waals surface area contributed by atoms with Gasteiger partial charge in [-0.25, -0.2) is 0 Å². The molecule has 0 amide bonds. The summed E-state index contributed by atoms with van der Waals surface area (Å²) in [6.45, 7) is 10.2. The minimum atomic E-state index is -4.49. The van der Waals surface area contributed by atoms with E-state index in [1.807, 2.05) is 0 Å². The van der Waals surface area contributed by atoms with Gasteiger partial charge in [0.25, 0.3) is 0 Å². The zero-order valence-electron chi connectivity index (χ0n) is 22.0. The molecule has 0 heterocycles. The van der Waals surface area contributed by atoms with E-state index in [0.29, 0.717) is 5.67 Å². The van der Waals surface area contributed by atoms with Crippen LogP contribution in [-0.2, 0) is 8.23 Å². The highest BCUT2D eigenvalue weighted by atomic mass is 28.5. The van der Waals surface area contributed by atoms with Crippen LogP contribution >= 0.6 is 0 Å². The number of alkyl halides is 9. The highest BCUT2D eigenvalue weighted by molar-refractivity contribution is 6.93. The van der Waals surface area contributed by atoms with Gasteiger partial charge in [-0.2, -0.15) is 39.5 Å². The fraction of sp³-hybridized carbons (Fsp3) is 1.00. The SMILES string of the molecule is C[Si](C)(O)C[Si](C)(CCC(F)(F)F)O[Si](C)(C)O.C[Si](O)(CCC(F)(F)F)O[Si](C)(O)CCC(F)(F)F. The van der Waals surface area contributed by atoms with Gasteiger partial charge in [0.2, 0.25) is 0 Å². The molecule has 0 bridgehead atoms. The highest BCUT2D eigenvalue weighted by Gasteiger charge is 2.45. The minimum absolute atomic E-state index is 0.107. The third-order valence-corrected chi connectivity index (χ3v) is 22.0. The minimum Gasteiger partial charge on any atom is -0.436 e. The quantitative estimate of drug-likeness (QED) is 0.153. The first-order chi connectivity index (χ1) is 15.7. The summed E-state index contributed by atoms with van der Waals surface area (Å²) in [7, 11) is -15.8. The van der Waals surface area contributed by atoms with Crippen LogP contribution in [0.4, 0.5) is 39.5 Å². The van der Waals surface area contributed by atoms with Crippen molar-refractivity contribution in [1.29, 1.82) is 0 Å². The molecule has 6 nitrogen and oxygen atoms in total. The summed E-state index contributed by atoms with van der Waals surface area (Å²) in [6, 6.07) is -1.54. The molecule has 20 heteroatoms. The Kier molecular flexibility index (Phi) is 14.6. The van der Waals surface area contributed by atoms with Crippen LogP contribution in [0.15, 0.2) is 0 Å². The molecule has 0 rings (SSSR count). The lowest BCUT2D eigenvalue weighted by Gasteiger charge is -2.36. The van der Waals surface area contributed by atoms with Crippen molar-refractivity contribution in [2.45, 2.75) is 107 Å². The van der Waals surface area contributed by atoms with Crippen molar-refractivity contribution in [3.63, 3.8) is 0 Å². The summed E-state index contributed by atoms with van der Waals surface area (Å²) >= 11 is 0. The predicted octanol–water partition coefficient (Wildman–Crippen LogP) is 6.00. The largest absolute Gasteiger partial charge is 0.436 e. The third-order valence-electron chi connectivity index (χ3n) is 4.42. The molecule has 226 valence electrons. The molecular formula is C17H39F9O6Si5. The van der Waals surface area contributed by atoms with E-state index in [4.69, 9.17) is 8.23 Å². The second kappa shape index (κ2) is 13.7. The molecule has 3 unspecified atom stereocenters. The van der Waals surface area contributed by atoms with Crippen molar-refractivity contribution in [3.8, 4) is 0 Å². The molecule has 0 fully saturated rings. The summed E-state index contributed by atoms with van der Waals surface area (Å²) < 4.78 is 119. The number of halogens is 9. The maximum atomic E-state index is 12.3. The van der Waals surface area contributed by atoms with Crippen molar-refractivity contribution in [2.75, 3.05) is 0 Å². The van der Waals surface area contributed by atoms with E-state index in [1.165, 1.54) is 13.1 Å². The van der Waals surface area contributed by atoms with E-state index in [9.17, 15) is 58.7 Å². The number of hydrogen-bond acceptors (Lipinski definition) is 6. The Hall–Kier alpha value is 0.214. The first-order valence-electron chi connectivity index (χ1n) is 11.2. The first-order valence-corrected chi connectivity index (χ1v) is 25.2. The van der Waals surface area contributed by atoms with Gasteiger partial charge in [-0.3, -0.25) is 0 Å². The van der Waals surface area contributed by atoms with Crippen molar-refractivity contribution in [3.05, 3.63) is 0 Å². The highest BCUT2D eigenvalue weighted by Crippen LogP contribution is 2.33. The Morgan fingerprint density at radius 2 is 0.811 bits per heavy atom. The molecular weight excluding hydrogens is 612 g/mol. The monoisotopic (exact) mass is 650 g/mol. The van der Waals surface area contributed by atoms with Crippen LogP contribution in [0.25, 0.3) is 0 Å². The molecule has 0 saturated carbocycles. The Morgan fingerprint density at radius 3 is 1.05 bits per heavy atom. The molecule has 0 spiro atoms. The van der Waals surface area contributed by atoms with Crippen LogP contribution in [0.3, 0.4) is 0 Å². The molecule has 3 atom stereocenters. The van der Waals surface area contributed by atoms with E-state index >= 15 is 0 Å². The Balaban J connectivity index is 0. The van der Waals surface area contributed by atoms with Gasteiger partial charge < -0.3 is 27.4 Å². The van der Waals surface area contributed by atoms with E-state index in [-0.39, 0.29) is 6.04 Å². The molecule has 4 N–H and O–H groups in total. The second-order valence-corrected chi connectivity index (χ2v) is 29.5. The van der Waals surface area contributed by atoms with Crippen LogP contribution in [0, 0.1) is 0 Å². The van der Waals surface area contributed by atoms with Gasteiger partial charge in [-0.15, -0.1) is 0 Å². The van der Waals surface area contributed by atoms with Gasteiger partial charge >= 0.3 is 44.2 Å². The number of rotatable bonds is 12. The fourth-order valence-corrected chi connectivity index (χ4v) is 24.5. The van der Waals surface area contributed by atoms with E-state index in [2.05, 4.69) is 0 Å². The van der Waals surface area contributed by atoms with Crippen LogP contribution in [0.2, 0.25) is 69.6 Å². The van der Waals surface area contributed by atoms with Gasteiger partial charge in [0.05, 0.1) is 0 Å². The maximum Gasteiger partial charge on any atom is 0.389 e. The van der Waals surface area contributed by atoms with Crippen LogP contribution in [0.5, 0.6) is 0 Å². The fourth-order valence-electron chi connectivity index (χ4n) is 3.42. The summed E-state index contributed by atoms with van der Waals surface area (Å²) in [5, 5.41) is 0. The summed E-state index contributed by atoms with van der Waals surface area (Å²) in [6.07, 6.45) is -16.7. The Bertz CT molecular complexity index is 631. The Morgan fingerprint density at radius 1 is 0.514 bits per heavy atom. The molecule has 0 aromatic rings. The lowest BCUT2D eigenvalue weighted by atomic mass is 10.5. The summed E-state index contributed by atoms with van der Waals surface area (Å²) in [5.41, 5.74) is 0.313. The zero-order valence-corrected chi connectivity index (χ0v) is 27.0. The van der Waals surface area contributed by atoms with Gasteiger partial charge in [0.1, 0.15) is 0 Å². The first kappa shape index (κ1) is 39.4. The predicted molar refractivity (Wildman–Crippen MR) is 132 cm³/mol. The molecule has 0 radical (unpaired) electrons. The molecule has 37 heavy (non-hydrogen) atoms. The molecule has 0 aromatic heterocycles. The van der Waals surface area contributed by atoms with Crippen molar-refractivity contribution in [2.24, 2.45) is 0 Å². The molecule has 0 aliphatic rings. The summed E-state index contributed by atoms with van der Waals surface area (Å²) in [5.74, 6) is 0. The average Bonchev–Trinajstić information content (AvgIpc) is 2.51. The van der Waals surface area contributed by atoms with E-state index in [1.54, 1.807) is 19.6 Å². The van der Waals surface area contributed by atoms with Crippen molar-refractivity contribution < 1.29 is 66.9 Å². The average molecular weight is 651 g/mol. The molecule has 0 saturated heterocycles.